The Morgan fingerprint density at radius 3 is 2.26 bits per heavy atom. The van der Waals surface area contributed by atoms with Gasteiger partial charge in [0.15, 0.2) is 0 Å². The average molecular weight is 558 g/mol. The number of methoxy groups -OCH3 is 1. The molecule has 3 amide bonds. The number of hydrogen-bond donors (Lipinski definition) is 6. The summed E-state index contributed by atoms with van der Waals surface area (Å²) in [6, 6.07) is -3.35. The second-order valence-electron chi connectivity index (χ2n) is 10.4. The molecule has 1 saturated heterocycles. The molecule has 1 fully saturated rings. The Labute approximate surface area is 230 Å². The van der Waals surface area contributed by atoms with E-state index in [2.05, 4.69) is 16.0 Å². The average Bonchev–Trinajstić information content (AvgIpc) is 2.88. The first kappa shape index (κ1) is 34.3. The Balaban J connectivity index is 3.12. The van der Waals surface area contributed by atoms with Crippen LogP contribution in [0.15, 0.2) is 0 Å². The summed E-state index contributed by atoms with van der Waals surface area (Å²) in [7, 11) is 3.18. The lowest BCUT2D eigenvalue weighted by Gasteiger charge is -2.42. The van der Waals surface area contributed by atoms with Crippen LogP contribution in [0.2, 0.25) is 0 Å². The molecule has 1 aliphatic rings. The van der Waals surface area contributed by atoms with Crippen LogP contribution in [0, 0.1) is 5.92 Å². The van der Waals surface area contributed by atoms with Crippen molar-refractivity contribution in [2.45, 2.75) is 102 Å². The molecular weight excluding hydrogens is 510 g/mol. The number of likely N-dealkylation sites (N-methyl/N-ethyl adjacent to an activating group) is 1. The van der Waals surface area contributed by atoms with Crippen LogP contribution >= 0.6 is 0 Å². The van der Waals surface area contributed by atoms with Gasteiger partial charge >= 0.3 is 11.9 Å². The van der Waals surface area contributed by atoms with Gasteiger partial charge in [0, 0.05) is 26.5 Å². The van der Waals surface area contributed by atoms with Gasteiger partial charge in [0.2, 0.25) is 17.7 Å². The fourth-order valence-electron chi connectivity index (χ4n) is 4.83. The van der Waals surface area contributed by atoms with Gasteiger partial charge in [-0.3, -0.25) is 19.2 Å². The fraction of sp³-hybridized carbons (Fsp3) is 0.808. The third-order valence-electron chi connectivity index (χ3n) is 6.91. The standard InChI is InChI=1S/C26H47N5O8/c1-16(2)14-19(28-3)24(35)30-17(8-5-6-12-27)25(36)31-13-7-9-21(39-4)20(31)15-22(32)29-18(26(37)38)10-11-23(33)34/h16-21,28H,5-15,27H2,1-4H3,(H,29,32)(H,30,35)(H,33,34)(H,37,38)/t17-,18-,19+,20+,21+/m0/s1. The first-order valence-corrected chi connectivity index (χ1v) is 13.7. The fourth-order valence-corrected chi connectivity index (χ4v) is 4.83. The van der Waals surface area contributed by atoms with E-state index in [-0.39, 0.29) is 30.6 Å². The van der Waals surface area contributed by atoms with E-state index in [9.17, 15) is 29.1 Å². The topological polar surface area (TPSA) is 200 Å². The molecule has 0 bridgehead atoms. The van der Waals surface area contributed by atoms with E-state index in [1.165, 1.54) is 7.11 Å². The lowest BCUT2D eigenvalue weighted by molar-refractivity contribution is -0.148. The van der Waals surface area contributed by atoms with Gasteiger partial charge in [0.25, 0.3) is 0 Å². The maximum Gasteiger partial charge on any atom is 0.326 e. The number of carboxylic acids is 2. The van der Waals surface area contributed by atoms with Crippen LogP contribution in [0.4, 0.5) is 0 Å². The van der Waals surface area contributed by atoms with Crippen molar-refractivity contribution >= 4 is 29.7 Å². The number of aliphatic carboxylic acids is 2. The van der Waals surface area contributed by atoms with E-state index in [1.807, 2.05) is 13.8 Å². The zero-order valence-corrected chi connectivity index (χ0v) is 23.6. The molecule has 0 saturated carbocycles. The largest absolute Gasteiger partial charge is 0.481 e. The molecule has 0 aliphatic carbocycles. The van der Waals surface area contributed by atoms with Crippen molar-refractivity contribution in [3.8, 4) is 0 Å². The van der Waals surface area contributed by atoms with Crippen LogP contribution < -0.4 is 21.7 Å². The van der Waals surface area contributed by atoms with Crippen LogP contribution in [-0.4, -0.2) is 102 Å². The lowest BCUT2D eigenvalue weighted by atomic mass is 9.93. The summed E-state index contributed by atoms with van der Waals surface area (Å²) < 4.78 is 5.59. The van der Waals surface area contributed by atoms with Crippen molar-refractivity contribution in [2.75, 3.05) is 27.2 Å². The quantitative estimate of drug-likeness (QED) is 0.125. The predicted octanol–water partition coefficient (Wildman–Crippen LogP) is 0.0646. The molecule has 7 N–H and O–H groups in total. The summed E-state index contributed by atoms with van der Waals surface area (Å²) >= 11 is 0. The number of carbonyl (C=O) groups excluding carboxylic acids is 3. The molecule has 0 spiro atoms. The molecule has 1 heterocycles. The van der Waals surface area contributed by atoms with E-state index in [0.29, 0.717) is 51.6 Å². The van der Waals surface area contributed by atoms with Gasteiger partial charge in [0.1, 0.15) is 12.1 Å². The maximum absolute atomic E-state index is 13.8. The number of rotatable bonds is 18. The van der Waals surface area contributed by atoms with Crippen LogP contribution in [-0.2, 0) is 28.7 Å². The third kappa shape index (κ3) is 11.9. The van der Waals surface area contributed by atoms with Crippen LogP contribution in [0.1, 0.15) is 71.6 Å². The predicted molar refractivity (Wildman–Crippen MR) is 144 cm³/mol. The van der Waals surface area contributed by atoms with Crippen molar-refractivity contribution in [1.82, 2.24) is 20.9 Å². The zero-order valence-electron chi connectivity index (χ0n) is 23.6. The number of piperidine rings is 1. The minimum atomic E-state index is -1.37. The number of carboxylic acid groups (broad SMARTS) is 2. The highest BCUT2D eigenvalue weighted by Crippen LogP contribution is 2.25. The zero-order chi connectivity index (χ0) is 29.5. The maximum atomic E-state index is 13.8. The monoisotopic (exact) mass is 557 g/mol. The van der Waals surface area contributed by atoms with Crippen molar-refractivity contribution in [3.63, 3.8) is 0 Å². The van der Waals surface area contributed by atoms with Gasteiger partial charge in [-0.2, -0.15) is 0 Å². The highest BCUT2D eigenvalue weighted by Gasteiger charge is 2.39. The van der Waals surface area contributed by atoms with Crippen molar-refractivity contribution in [1.29, 1.82) is 0 Å². The van der Waals surface area contributed by atoms with E-state index in [4.69, 9.17) is 15.6 Å². The summed E-state index contributed by atoms with van der Waals surface area (Å²) in [6.07, 6.45) is 2.13. The molecule has 13 heteroatoms. The van der Waals surface area contributed by atoms with Crippen molar-refractivity contribution < 1.29 is 38.9 Å². The van der Waals surface area contributed by atoms with E-state index in [1.54, 1.807) is 11.9 Å². The summed E-state index contributed by atoms with van der Waals surface area (Å²) in [6.45, 7) is 4.81. The Hall–Kier alpha value is -2.77. The number of unbranched alkanes of at least 4 members (excludes halogenated alkanes) is 1. The molecule has 13 nitrogen and oxygen atoms in total. The van der Waals surface area contributed by atoms with Gasteiger partial charge in [-0.05, 0) is 64.5 Å². The number of likely N-dealkylation sites (tertiary alicyclic amines) is 1. The SMILES string of the molecule is CN[C@H](CC(C)C)C(=O)N[C@@H](CCCCN)C(=O)N1CCC[C@@H](OC)[C@H]1CC(=O)N[C@@H](CCC(=O)O)C(=O)O. The van der Waals surface area contributed by atoms with E-state index in [0.717, 1.165) is 0 Å². The first-order valence-electron chi connectivity index (χ1n) is 13.7. The molecule has 0 aromatic rings. The molecule has 1 rings (SSSR count). The molecule has 0 aromatic heterocycles. The third-order valence-corrected chi connectivity index (χ3v) is 6.91. The molecule has 0 unspecified atom stereocenters. The Morgan fingerprint density at radius 2 is 1.72 bits per heavy atom. The first-order chi connectivity index (χ1) is 18.4. The van der Waals surface area contributed by atoms with Gasteiger partial charge in [-0.1, -0.05) is 13.8 Å². The minimum absolute atomic E-state index is 0.225. The van der Waals surface area contributed by atoms with E-state index >= 15 is 0 Å². The van der Waals surface area contributed by atoms with Gasteiger partial charge in [-0.15, -0.1) is 0 Å². The lowest BCUT2D eigenvalue weighted by Crippen LogP contribution is -2.60. The number of ether oxygens (including phenoxy) is 1. The molecule has 0 aromatic carbocycles. The summed E-state index contributed by atoms with van der Waals surface area (Å²) in [5.74, 6) is -3.49. The summed E-state index contributed by atoms with van der Waals surface area (Å²) in [5.41, 5.74) is 5.64. The number of nitrogens with one attached hydrogen (secondary N) is 3. The minimum Gasteiger partial charge on any atom is -0.481 e. The van der Waals surface area contributed by atoms with Crippen LogP contribution in [0.5, 0.6) is 0 Å². The second-order valence-corrected chi connectivity index (χ2v) is 10.4. The molecule has 1 aliphatic heterocycles. The van der Waals surface area contributed by atoms with Crippen LogP contribution in [0.3, 0.4) is 0 Å². The number of nitrogens with two attached hydrogens (primary N) is 1. The number of carbonyl (C=O) groups is 5. The number of nitrogens with zero attached hydrogens (tertiary/aromatic N) is 1. The Bertz CT molecular complexity index is 824. The Kier molecular flexibility index (Phi) is 15.6. The summed E-state index contributed by atoms with van der Waals surface area (Å²) in [4.78, 5) is 63.7. The van der Waals surface area contributed by atoms with Crippen molar-refractivity contribution in [3.05, 3.63) is 0 Å². The Morgan fingerprint density at radius 1 is 1.03 bits per heavy atom. The smallest absolute Gasteiger partial charge is 0.326 e. The molecular formula is C26H47N5O8. The van der Waals surface area contributed by atoms with E-state index < -0.39 is 54.5 Å². The number of amides is 3. The summed E-state index contributed by atoms with van der Waals surface area (Å²) in [5, 5.41) is 26.6. The second kappa shape index (κ2) is 17.7. The van der Waals surface area contributed by atoms with Crippen molar-refractivity contribution in [2.24, 2.45) is 11.7 Å². The number of hydrogen-bond acceptors (Lipinski definition) is 8. The molecule has 5 atom stereocenters. The van der Waals surface area contributed by atoms with Gasteiger partial charge in [-0.25, -0.2) is 4.79 Å². The highest BCUT2D eigenvalue weighted by molar-refractivity contribution is 5.90. The van der Waals surface area contributed by atoms with Gasteiger partial charge < -0.3 is 41.5 Å². The van der Waals surface area contributed by atoms with Crippen LogP contribution in [0.25, 0.3) is 0 Å². The molecule has 0 radical (unpaired) electrons. The van der Waals surface area contributed by atoms with Gasteiger partial charge in [0.05, 0.1) is 18.2 Å². The highest BCUT2D eigenvalue weighted by atomic mass is 16.5. The molecule has 39 heavy (non-hydrogen) atoms. The molecule has 224 valence electrons. The normalized spacial score (nSPS) is 19.7.